The molecule has 0 aromatic heterocycles. The lowest BCUT2D eigenvalue weighted by molar-refractivity contribution is 0.170. The van der Waals surface area contributed by atoms with Gasteiger partial charge < -0.3 is 10.6 Å². The van der Waals surface area contributed by atoms with E-state index in [2.05, 4.69) is 47.1 Å². The van der Waals surface area contributed by atoms with Crippen LogP contribution in [0.5, 0.6) is 0 Å². The van der Waals surface area contributed by atoms with Gasteiger partial charge in [0.2, 0.25) is 0 Å². The second-order valence-corrected chi connectivity index (χ2v) is 7.19. The number of nitrogens with zero attached hydrogens (tertiary/aromatic N) is 2. The van der Waals surface area contributed by atoms with E-state index in [4.69, 9.17) is 5.73 Å². The largest absolute Gasteiger partial charge is 0.397 e. The highest BCUT2D eigenvalue weighted by atomic mass is 15.3. The number of rotatable bonds is 2. The molecule has 1 saturated heterocycles. The Morgan fingerprint density at radius 2 is 1.75 bits per heavy atom. The molecule has 0 radical (unpaired) electrons. The molecule has 1 atom stereocenters. The summed E-state index contributed by atoms with van der Waals surface area (Å²) in [7, 11) is 0. The quantitative estimate of drug-likeness (QED) is 0.862. The van der Waals surface area contributed by atoms with Gasteiger partial charge in [0.15, 0.2) is 0 Å². The van der Waals surface area contributed by atoms with Crippen LogP contribution in [0, 0.1) is 6.92 Å². The minimum absolute atomic E-state index is 0.703. The molecule has 4 rings (SSSR count). The van der Waals surface area contributed by atoms with Gasteiger partial charge in [-0.2, -0.15) is 0 Å². The summed E-state index contributed by atoms with van der Waals surface area (Å²) in [5, 5.41) is 0. The fourth-order valence-electron chi connectivity index (χ4n) is 4.39. The molecule has 24 heavy (non-hydrogen) atoms. The van der Waals surface area contributed by atoms with E-state index in [0.717, 1.165) is 31.9 Å². The average Bonchev–Trinajstić information content (AvgIpc) is 2.62. The summed E-state index contributed by atoms with van der Waals surface area (Å²) in [5.74, 6) is 0. The molecular formula is C21H27N3. The number of nitrogens with two attached hydrogens (primary N) is 1. The van der Waals surface area contributed by atoms with Gasteiger partial charge in [0.25, 0.3) is 0 Å². The Morgan fingerprint density at radius 1 is 0.958 bits per heavy atom. The van der Waals surface area contributed by atoms with E-state index in [1.807, 2.05) is 12.1 Å². The zero-order valence-corrected chi connectivity index (χ0v) is 14.5. The maximum atomic E-state index is 6.14. The monoisotopic (exact) mass is 321 g/mol. The zero-order chi connectivity index (χ0) is 16.5. The molecule has 2 N–H and O–H groups in total. The molecule has 2 aromatic rings. The standard InChI is InChI=1S/C21H27N3/c1-16-5-4-6-17-15-18(9-10-19(16)17)23-11-13-24(14-12-23)21-8-3-2-7-20(21)22/h2-8,18H,9-15,22H2,1H3/t18-/m0/s1. The van der Waals surface area contributed by atoms with Crippen LogP contribution in [0.4, 0.5) is 11.4 Å². The molecule has 0 bridgehead atoms. The topological polar surface area (TPSA) is 32.5 Å². The van der Waals surface area contributed by atoms with Crippen LogP contribution in [0.1, 0.15) is 23.1 Å². The molecule has 0 amide bonds. The third kappa shape index (κ3) is 2.89. The van der Waals surface area contributed by atoms with Crippen molar-refractivity contribution in [2.24, 2.45) is 0 Å². The van der Waals surface area contributed by atoms with Gasteiger partial charge in [-0.25, -0.2) is 0 Å². The number of nitrogen functional groups attached to an aromatic ring is 1. The first kappa shape index (κ1) is 15.5. The smallest absolute Gasteiger partial charge is 0.0600 e. The molecule has 1 fully saturated rings. The third-order valence-corrected chi connectivity index (χ3v) is 5.80. The van der Waals surface area contributed by atoms with Crippen molar-refractivity contribution in [2.45, 2.75) is 32.2 Å². The first-order valence-electron chi connectivity index (χ1n) is 9.13. The molecule has 126 valence electrons. The molecule has 1 heterocycles. The van der Waals surface area contributed by atoms with Crippen molar-refractivity contribution >= 4 is 11.4 Å². The van der Waals surface area contributed by atoms with Crippen molar-refractivity contribution in [3.63, 3.8) is 0 Å². The van der Waals surface area contributed by atoms with Gasteiger partial charge >= 0.3 is 0 Å². The van der Waals surface area contributed by atoms with Gasteiger partial charge in [0.1, 0.15) is 0 Å². The van der Waals surface area contributed by atoms with Gasteiger partial charge in [-0.15, -0.1) is 0 Å². The maximum absolute atomic E-state index is 6.14. The number of anilines is 2. The predicted octanol–water partition coefficient (Wildman–Crippen LogP) is 3.26. The minimum atomic E-state index is 0.703. The van der Waals surface area contributed by atoms with Crippen LogP contribution < -0.4 is 10.6 Å². The van der Waals surface area contributed by atoms with Crippen molar-refractivity contribution < 1.29 is 0 Å². The Labute approximate surface area is 145 Å². The third-order valence-electron chi connectivity index (χ3n) is 5.80. The van der Waals surface area contributed by atoms with Gasteiger partial charge in [-0.05, 0) is 55.0 Å². The van der Waals surface area contributed by atoms with Crippen LogP contribution in [0.3, 0.4) is 0 Å². The number of para-hydroxylation sites is 2. The first-order valence-corrected chi connectivity index (χ1v) is 9.13. The molecular weight excluding hydrogens is 294 g/mol. The van der Waals surface area contributed by atoms with Crippen molar-refractivity contribution in [1.82, 2.24) is 4.90 Å². The van der Waals surface area contributed by atoms with Gasteiger partial charge in [-0.3, -0.25) is 4.90 Å². The highest BCUT2D eigenvalue weighted by Gasteiger charge is 2.28. The lowest BCUT2D eigenvalue weighted by Crippen LogP contribution is -2.51. The van der Waals surface area contributed by atoms with E-state index in [1.165, 1.54) is 30.5 Å². The zero-order valence-electron chi connectivity index (χ0n) is 14.5. The van der Waals surface area contributed by atoms with Crippen LogP contribution >= 0.6 is 0 Å². The summed E-state index contributed by atoms with van der Waals surface area (Å²) in [6.07, 6.45) is 3.74. The Kier molecular flexibility index (Phi) is 4.19. The molecule has 2 aliphatic rings. The van der Waals surface area contributed by atoms with Crippen molar-refractivity contribution in [3.8, 4) is 0 Å². The molecule has 1 aliphatic heterocycles. The SMILES string of the molecule is Cc1cccc2c1CC[C@H](N1CCN(c3ccccc3N)CC1)C2. The highest BCUT2D eigenvalue weighted by molar-refractivity contribution is 5.67. The Hall–Kier alpha value is -2.00. The van der Waals surface area contributed by atoms with Crippen LogP contribution in [0.25, 0.3) is 0 Å². The molecule has 3 heteroatoms. The van der Waals surface area contributed by atoms with E-state index in [-0.39, 0.29) is 0 Å². The average molecular weight is 321 g/mol. The van der Waals surface area contributed by atoms with E-state index < -0.39 is 0 Å². The molecule has 0 spiro atoms. The highest BCUT2D eigenvalue weighted by Crippen LogP contribution is 2.29. The van der Waals surface area contributed by atoms with Gasteiger partial charge in [0.05, 0.1) is 11.4 Å². The van der Waals surface area contributed by atoms with Crippen LogP contribution in [-0.4, -0.2) is 37.1 Å². The maximum Gasteiger partial charge on any atom is 0.0600 e. The van der Waals surface area contributed by atoms with E-state index >= 15 is 0 Å². The number of fused-ring (bicyclic) bond motifs is 1. The fraction of sp³-hybridized carbons (Fsp3) is 0.429. The number of aryl methyl sites for hydroxylation is 1. The first-order chi connectivity index (χ1) is 11.7. The summed E-state index contributed by atoms with van der Waals surface area (Å²) < 4.78 is 0. The summed E-state index contributed by atoms with van der Waals surface area (Å²) in [5.41, 5.74) is 12.9. The molecule has 0 unspecified atom stereocenters. The van der Waals surface area contributed by atoms with Crippen LogP contribution in [-0.2, 0) is 12.8 Å². The van der Waals surface area contributed by atoms with Crippen molar-refractivity contribution in [1.29, 1.82) is 0 Å². The summed E-state index contributed by atoms with van der Waals surface area (Å²) in [6.45, 7) is 6.68. The molecule has 2 aromatic carbocycles. The minimum Gasteiger partial charge on any atom is -0.397 e. The van der Waals surface area contributed by atoms with E-state index in [0.29, 0.717) is 6.04 Å². The van der Waals surface area contributed by atoms with Crippen LogP contribution in [0.2, 0.25) is 0 Å². The number of benzene rings is 2. The fourth-order valence-corrected chi connectivity index (χ4v) is 4.39. The number of hydrogen-bond donors (Lipinski definition) is 1. The Balaban J connectivity index is 1.41. The van der Waals surface area contributed by atoms with Crippen LogP contribution in [0.15, 0.2) is 42.5 Å². The van der Waals surface area contributed by atoms with Crippen molar-refractivity contribution in [2.75, 3.05) is 36.8 Å². The second-order valence-electron chi connectivity index (χ2n) is 7.19. The van der Waals surface area contributed by atoms with Gasteiger partial charge in [-0.1, -0.05) is 30.3 Å². The second kappa shape index (κ2) is 6.48. The Bertz CT molecular complexity index is 717. The Morgan fingerprint density at radius 3 is 2.54 bits per heavy atom. The lowest BCUT2D eigenvalue weighted by atomic mass is 9.85. The van der Waals surface area contributed by atoms with Crippen molar-refractivity contribution in [3.05, 3.63) is 59.2 Å². The van der Waals surface area contributed by atoms with E-state index in [9.17, 15) is 0 Å². The summed E-state index contributed by atoms with van der Waals surface area (Å²) >= 11 is 0. The summed E-state index contributed by atoms with van der Waals surface area (Å²) in [4.78, 5) is 5.13. The predicted molar refractivity (Wildman–Crippen MR) is 102 cm³/mol. The molecule has 1 aliphatic carbocycles. The molecule has 0 saturated carbocycles. The molecule has 3 nitrogen and oxygen atoms in total. The number of hydrogen-bond acceptors (Lipinski definition) is 3. The normalized spacial score (nSPS) is 21.5. The van der Waals surface area contributed by atoms with Gasteiger partial charge in [0, 0.05) is 32.2 Å². The number of piperazine rings is 1. The lowest BCUT2D eigenvalue weighted by Gasteiger charge is -2.42. The van der Waals surface area contributed by atoms with E-state index in [1.54, 1.807) is 11.1 Å². The summed E-state index contributed by atoms with van der Waals surface area (Å²) in [6, 6.07) is 15.7.